The molecule has 1 saturated carbocycles. The van der Waals surface area contributed by atoms with E-state index in [1.54, 1.807) is 46.8 Å². The number of hydrogen-bond acceptors (Lipinski definition) is 9. The first kappa shape index (κ1) is 26.3. The number of aliphatic hydroxyl groups is 1. The van der Waals surface area contributed by atoms with Crippen LogP contribution in [0.25, 0.3) is 0 Å². The Labute approximate surface area is 210 Å². The Hall–Kier alpha value is -2.78. The molecule has 2 fully saturated rings. The van der Waals surface area contributed by atoms with E-state index in [4.69, 9.17) is 18.6 Å². The van der Waals surface area contributed by atoms with Crippen LogP contribution in [0.15, 0.2) is 35.2 Å². The van der Waals surface area contributed by atoms with Gasteiger partial charge in [-0.25, -0.2) is 9.59 Å². The fourth-order valence-corrected chi connectivity index (χ4v) is 6.71. The third-order valence-electron chi connectivity index (χ3n) is 8.89. The Morgan fingerprint density at radius 3 is 2.47 bits per heavy atom. The van der Waals surface area contributed by atoms with Gasteiger partial charge in [0.25, 0.3) is 0 Å². The maximum Gasteiger partial charge on any atom is 0.338 e. The summed E-state index contributed by atoms with van der Waals surface area (Å²) in [7, 11) is 1.23. The topological polar surface area (TPSA) is 133 Å². The first-order chi connectivity index (χ1) is 16.8. The van der Waals surface area contributed by atoms with Gasteiger partial charge in [0, 0.05) is 18.4 Å². The number of epoxide rings is 1. The molecule has 196 valence electrons. The van der Waals surface area contributed by atoms with Crippen molar-refractivity contribution in [2.45, 2.75) is 77.3 Å². The number of rotatable bonds is 7. The molecule has 1 N–H and O–H groups in total. The number of methoxy groups -OCH3 is 1. The van der Waals surface area contributed by atoms with Crippen molar-refractivity contribution in [3.8, 4) is 0 Å². The third-order valence-corrected chi connectivity index (χ3v) is 8.89. The van der Waals surface area contributed by atoms with E-state index in [1.165, 1.54) is 25.7 Å². The number of cyclic esters (lactones) is 1. The summed E-state index contributed by atoms with van der Waals surface area (Å²) in [5.74, 6) is -2.80. The predicted octanol–water partition coefficient (Wildman–Crippen LogP) is 3.04. The number of ketones is 2. The van der Waals surface area contributed by atoms with Gasteiger partial charge < -0.3 is 23.7 Å². The summed E-state index contributed by atoms with van der Waals surface area (Å²) in [6.45, 7) is 8.46. The number of carbonyl (C=O) groups excluding carboxylic acids is 4. The molecule has 3 heterocycles. The van der Waals surface area contributed by atoms with Crippen LogP contribution in [0.4, 0.5) is 0 Å². The van der Waals surface area contributed by atoms with Gasteiger partial charge >= 0.3 is 11.9 Å². The van der Waals surface area contributed by atoms with E-state index in [-0.39, 0.29) is 24.4 Å². The standard InChI is InChI=1S/C27H34O9/c1-15(28)18-9-11-25(4,21(31)16-10-12-34-14-16)27(22(36-27)23(32)33-6)26(18,5)19(29)13-17-7-8-20(30)35-24(17,2)3/h7-8,10,12,14-15,17-18,22,28H,9,11,13H2,1-6H3/t15-,17?,18+,22+,25-,26-,27+/m0/s1. The zero-order valence-electron chi connectivity index (χ0n) is 21.5. The quantitative estimate of drug-likeness (QED) is 0.339. The van der Waals surface area contributed by atoms with Gasteiger partial charge in [0.05, 0.1) is 35.9 Å². The van der Waals surface area contributed by atoms with Crippen LogP contribution in [-0.2, 0) is 28.6 Å². The van der Waals surface area contributed by atoms with Crippen LogP contribution >= 0.6 is 0 Å². The van der Waals surface area contributed by atoms with Crippen LogP contribution in [0.5, 0.6) is 0 Å². The molecule has 1 spiro atoms. The average molecular weight is 503 g/mol. The van der Waals surface area contributed by atoms with E-state index in [2.05, 4.69) is 0 Å². The minimum absolute atomic E-state index is 0.0362. The molecule has 2 aliphatic heterocycles. The fraction of sp³-hybridized carbons (Fsp3) is 0.630. The van der Waals surface area contributed by atoms with Crippen molar-refractivity contribution in [2.75, 3.05) is 7.11 Å². The summed E-state index contributed by atoms with van der Waals surface area (Å²) in [5, 5.41) is 10.8. The van der Waals surface area contributed by atoms with Gasteiger partial charge in [-0.15, -0.1) is 0 Å². The monoisotopic (exact) mass is 502 g/mol. The van der Waals surface area contributed by atoms with Gasteiger partial charge in [-0.2, -0.15) is 0 Å². The van der Waals surface area contributed by atoms with Gasteiger partial charge in [-0.1, -0.05) is 6.08 Å². The summed E-state index contributed by atoms with van der Waals surface area (Å²) in [6, 6.07) is 1.54. The Kier molecular flexibility index (Phi) is 6.32. The molecular formula is C27H34O9. The van der Waals surface area contributed by atoms with E-state index < -0.39 is 58.0 Å². The number of carbonyl (C=O) groups is 4. The Morgan fingerprint density at radius 2 is 1.92 bits per heavy atom. The van der Waals surface area contributed by atoms with Gasteiger partial charge in [-0.05, 0) is 59.4 Å². The first-order valence-electron chi connectivity index (χ1n) is 12.2. The number of esters is 2. The second-order valence-electron chi connectivity index (χ2n) is 11.1. The zero-order chi connectivity index (χ0) is 26.7. The van der Waals surface area contributed by atoms with E-state index in [1.807, 2.05) is 0 Å². The van der Waals surface area contributed by atoms with Crippen molar-refractivity contribution in [3.05, 3.63) is 36.3 Å². The average Bonchev–Trinajstić information content (AvgIpc) is 3.34. The molecule has 0 radical (unpaired) electrons. The molecule has 7 atom stereocenters. The molecule has 9 heteroatoms. The van der Waals surface area contributed by atoms with Gasteiger partial charge in [0.15, 0.2) is 11.9 Å². The highest BCUT2D eigenvalue weighted by atomic mass is 16.7. The molecule has 1 aromatic rings. The Bertz CT molecular complexity index is 1100. The lowest BCUT2D eigenvalue weighted by Gasteiger charge is -2.54. The van der Waals surface area contributed by atoms with E-state index in [0.717, 1.165) is 0 Å². The number of hydrogen-bond donors (Lipinski definition) is 1. The minimum atomic E-state index is -1.54. The molecule has 0 amide bonds. The van der Waals surface area contributed by atoms with Gasteiger partial charge in [0.1, 0.15) is 23.2 Å². The molecule has 1 saturated heterocycles. The molecule has 1 aliphatic carbocycles. The van der Waals surface area contributed by atoms with Crippen molar-refractivity contribution in [3.63, 3.8) is 0 Å². The summed E-state index contributed by atoms with van der Waals surface area (Å²) >= 11 is 0. The van der Waals surface area contributed by atoms with Crippen molar-refractivity contribution in [1.82, 2.24) is 0 Å². The number of Topliss-reactive ketones (excluding diaryl/α,β-unsaturated/α-hetero) is 2. The van der Waals surface area contributed by atoms with E-state index >= 15 is 0 Å². The molecule has 1 unspecified atom stereocenters. The SMILES string of the molecule is COC(=O)[C@H]1O[C@@]12[C@](C)(C(=O)c1ccoc1)CC[C@H]([C@H](C)O)[C@@]2(C)C(=O)CC1C=CC(=O)OC1(C)C. The minimum Gasteiger partial charge on any atom is -0.472 e. The Morgan fingerprint density at radius 1 is 1.22 bits per heavy atom. The maximum atomic E-state index is 14.3. The van der Waals surface area contributed by atoms with Crippen LogP contribution in [-0.4, -0.2) is 59.1 Å². The highest BCUT2D eigenvalue weighted by Gasteiger charge is 2.84. The lowest BCUT2D eigenvalue weighted by Crippen LogP contribution is -2.65. The molecule has 9 nitrogen and oxygen atoms in total. The van der Waals surface area contributed by atoms with Crippen molar-refractivity contribution < 1.29 is 42.9 Å². The van der Waals surface area contributed by atoms with Crippen molar-refractivity contribution >= 4 is 23.5 Å². The predicted molar refractivity (Wildman–Crippen MR) is 126 cm³/mol. The van der Waals surface area contributed by atoms with E-state index in [0.29, 0.717) is 12.0 Å². The molecule has 0 bridgehead atoms. The molecule has 36 heavy (non-hydrogen) atoms. The van der Waals surface area contributed by atoms with Crippen LogP contribution in [0.3, 0.4) is 0 Å². The molecule has 3 aliphatic rings. The summed E-state index contributed by atoms with van der Waals surface area (Å²) in [4.78, 5) is 52.9. The van der Waals surface area contributed by atoms with Gasteiger partial charge in [-0.3, -0.25) is 9.59 Å². The van der Waals surface area contributed by atoms with Crippen molar-refractivity contribution in [2.24, 2.45) is 22.7 Å². The van der Waals surface area contributed by atoms with Crippen LogP contribution in [0.2, 0.25) is 0 Å². The molecule has 4 rings (SSSR count). The summed E-state index contributed by atoms with van der Waals surface area (Å²) in [5.41, 5.74) is -4.89. The second kappa shape index (κ2) is 8.66. The number of furan rings is 1. The van der Waals surface area contributed by atoms with Crippen LogP contribution < -0.4 is 0 Å². The second-order valence-corrected chi connectivity index (χ2v) is 11.1. The highest BCUT2D eigenvalue weighted by molar-refractivity contribution is 6.04. The van der Waals surface area contributed by atoms with Gasteiger partial charge in [0.2, 0.25) is 0 Å². The largest absolute Gasteiger partial charge is 0.472 e. The normalized spacial score (nSPS) is 37.8. The lowest BCUT2D eigenvalue weighted by atomic mass is 9.46. The van der Waals surface area contributed by atoms with Crippen LogP contribution in [0.1, 0.15) is 64.2 Å². The molecule has 0 aromatic carbocycles. The Balaban J connectivity index is 1.84. The summed E-state index contributed by atoms with van der Waals surface area (Å²) < 4.78 is 21.7. The maximum absolute atomic E-state index is 14.3. The molecule has 1 aromatic heterocycles. The fourth-order valence-electron chi connectivity index (χ4n) is 6.71. The van der Waals surface area contributed by atoms with Crippen LogP contribution in [0, 0.1) is 22.7 Å². The highest BCUT2D eigenvalue weighted by Crippen LogP contribution is 2.70. The first-order valence-corrected chi connectivity index (χ1v) is 12.2. The third kappa shape index (κ3) is 3.58. The van der Waals surface area contributed by atoms with Crippen molar-refractivity contribution in [1.29, 1.82) is 0 Å². The number of aliphatic hydroxyl groups excluding tert-OH is 1. The summed E-state index contributed by atoms with van der Waals surface area (Å²) in [6.07, 6.45) is 4.21. The smallest absolute Gasteiger partial charge is 0.338 e. The zero-order valence-corrected chi connectivity index (χ0v) is 21.5. The number of ether oxygens (including phenoxy) is 3. The lowest BCUT2D eigenvalue weighted by molar-refractivity contribution is -0.163. The van der Waals surface area contributed by atoms with E-state index in [9.17, 15) is 24.3 Å². The molecular weight excluding hydrogens is 468 g/mol.